The van der Waals surface area contributed by atoms with Crippen molar-refractivity contribution in [2.75, 3.05) is 24.6 Å². The maximum absolute atomic E-state index is 9.16. The van der Waals surface area contributed by atoms with Crippen LogP contribution in [0.3, 0.4) is 0 Å². The van der Waals surface area contributed by atoms with Gasteiger partial charge in [0, 0.05) is 19.7 Å². The third-order valence-electron chi connectivity index (χ3n) is 3.55. The van der Waals surface area contributed by atoms with Crippen LogP contribution in [0.15, 0.2) is 18.2 Å². The predicted molar refractivity (Wildman–Crippen MR) is 67.9 cm³/mol. The smallest absolute Gasteiger partial charge is 0.101 e. The molecule has 0 amide bonds. The van der Waals surface area contributed by atoms with E-state index in [1.165, 1.54) is 0 Å². The molecule has 1 heterocycles. The largest absolute Gasteiger partial charge is 0.396 e. The molecule has 3 heteroatoms. The minimum atomic E-state index is 0.284. The second-order valence-corrected chi connectivity index (χ2v) is 4.70. The summed E-state index contributed by atoms with van der Waals surface area (Å²) in [6, 6.07) is 8.12. The van der Waals surface area contributed by atoms with E-state index in [4.69, 9.17) is 10.4 Å². The Balaban J connectivity index is 2.21. The summed E-state index contributed by atoms with van der Waals surface area (Å²) >= 11 is 0. The molecule has 1 aliphatic rings. The highest BCUT2D eigenvalue weighted by Gasteiger charge is 2.21. The van der Waals surface area contributed by atoms with Crippen molar-refractivity contribution in [3.8, 4) is 6.07 Å². The minimum Gasteiger partial charge on any atom is -0.396 e. The normalized spacial score (nSPS) is 16.9. The lowest BCUT2D eigenvalue weighted by molar-refractivity contribution is 0.203. The molecule has 0 saturated carbocycles. The molecule has 0 unspecified atom stereocenters. The zero-order valence-corrected chi connectivity index (χ0v) is 10.2. The average Bonchev–Trinajstić information content (AvgIpc) is 2.38. The maximum atomic E-state index is 9.16. The van der Waals surface area contributed by atoms with E-state index in [9.17, 15) is 0 Å². The summed E-state index contributed by atoms with van der Waals surface area (Å²) in [5.41, 5.74) is 2.99. The number of aliphatic hydroxyl groups excluding tert-OH is 1. The molecule has 2 rings (SSSR count). The summed E-state index contributed by atoms with van der Waals surface area (Å²) in [5.74, 6) is 0.431. The number of nitriles is 1. The molecule has 0 spiro atoms. The molecule has 0 atom stereocenters. The highest BCUT2D eigenvalue weighted by atomic mass is 16.3. The van der Waals surface area contributed by atoms with E-state index in [-0.39, 0.29) is 6.61 Å². The third kappa shape index (κ3) is 2.42. The Hall–Kier alpha value is -1.53. The maximum Gasteiger partial charge on any atom is 0.101 e. The quantitative estimate of drug-likeness (QED) is 0.846. The van der Waals surface area contributed by atoms with Gasteiger partial charge in [-0.05, 0) is 37.3 Å². The van der Waals surface area contributed by atoms with Gasteiger partial charge in [-0.25, -0.2) is 0 Å². The van der Waals surface area contributed by atoms with Crippen molar-refractivity contribution < 1.29 is 5.11 Å². The molecule has 0 aliphatic carbocycles. The van der Waals surface area contributed by atoms with Gasteiger partial charge in [-0.1, -0.05) is 12.1 Å². The van der Waals surface area contributed by atoms with Crippen molar-refractivity contribution in [3.63, 3.8) is 0 Å². The van der Waals surface area contributed by atoms with E-state index in [1.807, 2.05) is 25.1 Å². The van der Waals surface area contributed by atoms with Crippen LogP contribution in [0.4, 0.5) is 5.69 Å². The van der Waals surface area contributed by atoms with Crippen molar-refractivity contribution in [3.05, 3.63) is 29.3 Å². The van der Waals surface area contributed by atoms with Crippen LogP contribution in [0.25, 0.3) is 0 Å². The lowest BCUT2D eigenvalue weighted by Gasteiger charge is -2.34. The average molecular weight is 230 g/mol. The number of nitrogens with zero attached hydrogens (tertiary/aromatic N) is 2. The second-order valence-electron chi connectivity index (χ2n) is 4.70. The first-order chi connectivity index (χ1) is 8.26. The first-order valence-electron chi connectivity index (χ1n) is 6.11. The number of hydrogen-bond donors (Lipinski definition) is 1. The first kappa shape index (κ1) is 11.9. The fourth-order valence-electron chi connectivity index (χ4n) is 2.51. The van der Waals surface area contributed by atoms with Gasteiger partial charge < -0.3 is 10.0 Å². The highest BCUT2D eigenvalue weighted by molar-refractivity contribution is 5.64. The van der Waals surface area contributed by atoms with Crippen LogP contribution in [0.2, 0.25) is 0 Å². The van der Waals surface area contributed by atoms with E-state index in [0.29, 0.717) is 5.92 Å². The lowest BCUT2D eigenvalue weighted by atomic mass is 9.96. The standard InChI is InChI=1S/C14H18N2O/c1-11-3-2-4-13(9-15)14(11)16-7-5-12(10-17)6-8-16/h2-4,12,17H,5-8,10H2,1H3. The fourth-order valence-corrected chi connectivity index (χ4v) is 2.51. The summed E-state index contributed by atoms with van der Waals surface area (Å²) in [4.78, 5) is 2.28. The van der Waals surface area contributed by atoms with Crippen LogP contribution in [0, 0.1) is 24.2 Å². The van der Waals surface area contributed by atoms with E-state index in [1.54, 1.807) is 0 Å². The van der Waals surface area contributed by atoms with Crippen LogP contribution < -0.4 is 4.90 Å². The Bertz CT molecular complexity index is 428. The molecule has 1 saturated heterocycles. The van der Waals surface area contributed by atoms with Crippen LogP contribution in [-0.2, 0) is 0 Å². The van der Waals surface area contributed by atoms with E-state index >= 15 is 0 Å². The van der Waals surface area contributed by atoms with Gasteiger partial charge in [0.2, 0.25) is 0 Å². The minimum absolute atomic E-state index is 0.284. The molecular weight excluding hydrogens is 212 g/mol. The van der Waals surface area contributed by atoms with Crippen LogP contribution in [-0.4, -0.2) is 24.8 Å². The van der Waals surface area contributed by atoms with Gasteiger partial charge in [0.1, 0.15) is 6.07 Å². The molecule has 1 aromatic carbocycles. The number of piperidine rings is 1. The van der Waals surface area contributed by atoms with E-state index in [0.717, 1.165) is 42.7 Å². The van der Waals surface area contributed by atoms with Crippen LogP contribution in [0.5, 0.6) is 0 Å². The van der Waals surface area contributed by atoms with Gasteiger partial charge in [0.25, 0.3) is 0 Å². The highest BCUT2D eigenvalue weighted by Crippen LogP contribution is 2.28. The molecule has 0 radical (unpaired) electrons. The van der Waals surface area contributed by atoms with Gasteiger partial charge in [-0.2, -0.15) is 5.26 Å². The molecule has 90 valence electrons. The molecule has 1 aliphatic heterocycles. The van der Waals surface area contributed by atoms with Crippen molar-refractivity contribution in [1.82, 2.24) is 0 Å². The van der Waals surface area contributed by atoms with Gasteiger partial charge in [0.15, 0.2) is 0 Å². The Morgan fingerprint density at radius 2 is 2.12 bits per heavy atom. The zero-order valence-electron chi connectivity index (χ0n) is 10.2. The van der Waals surface area contributed by atoms with Crippen molar-refractivity contribution in [2.24, 2.45) is 5.92 Å². The third-order valence-corrected chi connectivity index (χ3v) is 3.55. The monoisotopic (exact) mass is 230 g/mol. The number of aliphatic hydroxyl groups is 1. The molecule has 0 aromatic heterocycles. The first-order valence-corrected chi connectivity index (χ1v) is 6.11. The number of benzene rings is 1. The molecule has 0 bridgehead atoms. The topological polar surface area (TPSA) is 47.3 Å². The van der Waals surface area contributed by atoms with Crippen molar-refractivity contribution in [1.29, 1.82) is 5.26 Å². The summed E-state index contributed by atoms with van der Waals surface area (Å²) in [5, 5.41) is 18.3. The molecule has 1 aromatic rings. The number of aryl methyl sites for hydroxylation is 1. The number of para-hydroxylation sites is 1. The molecule has 1 fully saturated rings. The van der Waals surface area contributed by atoms with E-state index < -0.39 is 0 Å². The van der Waals surface area contributed by atoms with Gasteiger partial charge in [0.05, 0.1) is 11.3 Å². The SMILES string of the molecule is Cc1cccc(C#N)c1N1CCC(CO)CC1. The van der Waals surface area contributed by atoms with Crippen LogP contribution >= 0.6 is 0 Å². The van der Waals surface area contributed by atoms with Crippen LogP contribution in [0.1, 0.15) is 24.0 Å². The molecule has 1 N–H and O–H groups in total. The van der Waals surface area contributed by atoms with Crippen molar-refractivity contribution in [2.45, 2.75) is 19.8 Å². The van der Waals surface area contributed by atoms with Gasteiger partial charge in [-0.15, -0.1) is 0 Å². The summed E-state index contributed by atoms with van der Waals surface area (Å²) in [6.07, 6.45) is 2.02. The number of hydrogen-bond acceptors (Lipinski definition) is 3. The van der Waals surface area contributed by atoms with E-state index in [2.05, 4.69) is 11.0 Å². The molecule has 3 nitrogen and oxygen atoms in total. The molecule has 17 heavy (non-hydrogen) atoms. The molecular formula is C14H18N2O. The summed E-state index contributed by atoms with van der Waals surface area (Å²) < 4.78 is 0. The fraction of sp³-hybridized carbons (Fsp3) is 0.500. The zero-order chi connectivity index (χ0) is 12.3. The predicted octanol–water partition coefficient (Wildman–Crippen LogP) is 2.08. The van der Waals surface area contributed by atoms with Gasteiger partial charge >= 0.3 is 0 Å². The van der Waals surface area contributed by atoms with Gasteiger partial charge in [-0.3, -0.25) is 0 Å². The number of rotatable bonds is 2. The Kier molecular flexibility index (Phi) is 3.65. The Morgan fingerprint density at radius 1 is 1.41 bits per heavy atom. The number of anilines is 1. The Labute approximate surface area is 102 Å². The lowest BCUT2D eigenvalue weighted by Crippen LogP contribution is -2.35. The Morgan fingerprint density at radius 3 is 2.71 bits per heavy atom. The second kappa shape index (κ2) is 5.20. The summed E-state index contributed by atoms with van der Waals surface area (Å²) in [7, 11) is 0. The summed E-state index contributed by atoms with van der Waals surface area (Å²) in [6.45, 7) is 4.20. The van der Waals surface area contributed by atoms with Crippen molar-refractivity contribution >= 4 is 5.69 Å².